The molecule has 3 aliphatic heterocycles. The third kappa shape index (κ3) is 5.20. The number of rotatable bonds is 7. The lowest BCUT2D eigenvalue weighted by molar-refractivity contribution is -0.699. The Balaban J connectivity index is 1.57. The van der Waals surface area contributed by atoms with Crippen molar-refractivity contribution < 1.29 is 34.2 Å². The van der Waals surface area contributed by atoms with Crippen molar-refractivity contribution in [2.45, 2.75) is 108 Å². The molecule has 8 heteroatoms. The maximum atomic E-state index is 13.0. The molecule has 3 saturated heterocycles. The number of aliphatic hydroxyl groups is 1. The molecule has 4 rings (SSSR count). The third-order valence-corrected chi connectivity index (χ3v) is 8.80. The van der Waals surface area contributed by atoms with Gasteiger partial charge in [0.1, 0.15) is 23.5 Å². The summed E-state index contributed by atoms with van der Waals surface area (Å²) in [5.74, 6) is 0.653. The summed E-state index contributed by atoms with van der Waals surface area (Å²) in [5.41, 5.74) is 5.26. The fraction of sp³-hybridized carbons (Fsp3) is 0.846. The number of piperidine rings is 1. The second-order valence-electron chi connectivity index (χ2n) is 11.4. The van der Waals surface area contributed by atoms with Gasteiger partial charge in [-0.3, -0.25) is 10.5 Å². The van der Waals surface area contributed by atoms with E-state index in [2.05, 4.69) is 5.32 Å². The quantitative estimate of drug-likeness (QED) is 0.374. The zero-order chi connectivity index (χ0) is 24.5. The molecule has 34 heavy (non-hydrogen) atoms. The summed E-state index contributed by atoms with van der Waals surface area (Å²) >= 11 is 0. The van der Waals surface area contributed by atoms with E-state index in [-0.39, 0.29) is 37.4 Å². The minimum absolute atomic E-state index is 0.00687. The summed E-state index contributed by atoms with van der Waals surface area (Å²) in [5, 5.41) is 11.5. The van der Waals surface area contributed by atoms with Crippen LogP contribution in [0.25, 0.3) is 0 Å². The van der Waals surface area contributed by atoms with Crippen LogP contribution < -0.4 is 11.1 Å². The van der Waals surface area contributed by atoms with E-state index in [0.717, 1.165) is 51.5 Å². The molecule has 4 aliphatic rings. The number of nitrogens with two attached hydrogens (primary N) is 2. The molecule has 5 N–H and O–H groups in total. The molecule has 192 valence electrons. The molecular formula is C26H43N2O6+. The molecule has 4 fully saturated rings. The van der Waals surface area contributed by atoms with E-state index in [4.69, 9.17) is 19.9 Å². The topological polar surface area (TPSA) is 125 Å². The highest BCUT2D eigenvalue weighted by atomic mass is 16.6. The first-order chi connectivity index (χ1) is 16.2. The van der Waals surface area contributed by atoms with E-state index in [1.165, 1.54) is 0 Å². The largest absolute Gasteiger partial charge is 0.462 e. The van der Waals surface area contributed by atoms with Crippen LogP contribution in [0, 0.1) is 17.8 Å². The van der Waals surface area contributed by atoms with Gasteiger partial charge in [0.05, 0.1) is 12.6 Å². The van der Waals surface area contributed by atoms with Gasteiger partial charge in [-0.1, -0.05) is 6.08 Å². The minimum atomic E-state index is -0.863. The Labute approximate surface area is 202 Å². The number of esters is 2. The van der Waals surface area contributed by atoms with Crippen LogP contribution in [-0.2, 0) is 23.8 Å². The molecule has 1 saturated carbocycles. The van der Waals surface area contributed by atoms with Gasteiger partial charge in [-0.2, -0.15) is 0 Å². The average molecular weight is 480 g/mol. The van der Waals surface area contributed by atoms with E-state index in [1.807, 2.05) is 13.8 Å². The van der Waals surface area contributed by atoms with Crippen molar-refractivity contribution in [1.29, 1.82) is 0 Å². The van der Waals surface area contributed by atoms with Crippen LogP contribution in [0.5, 0.6) is 0 Å². The number of allylic oxidation sites excluding steroid dienone is 1. The van der Waals surface area contributed by atoms with Crippen molar-refractivity contribution in [3.63, 3.8) is 0 Å². The predicted octanol–water partition coefficient (Wildman–Crippen LogP) is 1.54. The monoisotopic (exact) mass is 479 g/mol. The highest BCUT2D eigenvalue weighted by molar-refractivity contribution is 5.88. The third-order valence-electron chi connectivity index (χ3n) is 8.80. The van der Waals surface area contributed by atoms with Gasteiger partial charge in [0.25, 0.3) is 0 Å². The van der Waals surface area contributed by atoms with Crippen molar-refractivity contribution in [2.24, 2.45) is 23.5 Å². The number of quaternary nitrogens is 1. The van der Waals surface area contributed by atoms with Crippen molar-refractivity contribution in [2.75, 3.05) is 13.2 Å². The molecule has 0 radical (unpaired) electrons. The maximum absolute atomic E-state index is 13.0. The summed E-state index contributed by atoms with van der Waals surface area (Å²) in [6.07, 6.45) is 8.68. The standard InChI is InChI=1S/C26H42N2O6/c1-4-17(8-10-29)24(31)34-25(2,3)26(14-16-7-9-28-22(27)11-16)15-19-12-18-5-6-23(30)32-20(18)13-21(19)33-26/h4,16,18-22,28-29H,5-15,27H2,1-3H3/p+1/t16?,18?,19?,20?,21?,22?,26-/m1/s1. The van der Waals surface area contributed by atoms with Crippen molar-refractivity contribution >= 4 is 11.9 Å². The number of hydrogen-bond donors (Lipinski definition) is 3. The van der Waals surface area contributed by atoms with Crippen molar-refractivity contribution in [1.82, 2.24) is 0 Å². The lowest BCUT2D eigenvalue weighted by Crippen LogP contribution is -2.94. The fourth-order valence-electron chi connectivity index (χ4n) is 6.84. The van der Waals surface area contributed by atoms with Crippen LogP contribution in [0.1, 0.15) is 78.6 Å². The SMILES string of the molecule is CC=C(CCO)C(=O)OC(C)(C)[C@@]1(CC2CC[NH2+]C(N)C2)CC2CC3CCC(=O)OC3CC2O1. The Kier molecular flexibility index (Phi) is 7.72. The van der Waals surface area contributed by atoms with Crippen molar-refractivity contribution in [3.8, 4) is 0 Å². The van der Waals surface area contributed by atoms with E-state index in [0.29, 0.717) is 29.7 Å². The summed E-state index contributed by atoms with van der Waals surface area (Å²) in [6.45, 7) is 6.62. The Morgan fingerprint density at radius 3 is 2.76 bits per heavy atom. The first-order valence-corrected chi connectivity index (χ1v) is 13.1. The lowest BCUT2D eigenvalue weighted by atomic mass is 9.69. The number of carbonyl (C=O) groups excluding carboxylic acids is 2. The molecule has 1 aliphatic carbocycles. The van der Waals surface area contributed by atoms with E-state index in [1.54, 1.807) is 13.0 Å². The Hall–Kier alpha value is -1.48. The number of ether oxygens (including phenoxy) is 3. The van der Waals surface area contributed by atoms with Gasteiger partial charge < -0.3 is 24.6 Å². The summed E-state index contributed by atoms with van der Waals surface area (Å²) in [7, 11) is 0. The second kappa shape index (κ2) is 10.2. The molecule has 8 nitrogen and oxygen atoms in total. The lowest BCUT2D eigenvalue weighted by Gasteiger charge is -2.45. The number of carbonyl (C=O) groups is 2. The van der Waals surface area contributed by atoms with Gasteiger partial charge in [0, 0.05) is 37.9 Å². The van der Waals surface area contributed by atoms with Gasteiger partial charge >= 0.3 is 11.9 Å². The normalized spacial score (nSPS) is 38.6. The van der Waals surface area contributed by atoms with Crippen LogP contribution in [0.15, 0.2) is 11.6 Å². The van der Waals surface area contributed by atoms with Crippen LogP contribution in [0.2, 0.25) is 0 Å². The zero-order valence-corrected chi connectivity index (χ0v) is 21.0. The highest BCUT2D eigenvalue weighted by Crippen LogP contribution is 2.54. The molecule has 0 aromatic carbocycles. The Morgan fingerprint density at radius 2 is 2.06 bits per heavy atom. The smallest absolute Gasteiger partial charge is 0.334 e. The Bertz CT molecular complexity index is 798. The number of fused-ring (bicyclic) bond motifs is 2. The van der Waals surface area contributed by atoms with E-state index < -0.39 is 17.2 Å². The molecule has 0 spiro atoms. The molecule has 0 amide bonds. The molecule has 3 heterocycles. The summed E-state index contributed by atoms with van der Waals surface area (Å²) in [4.78, 5) is 24.9. The number of aliphatic hydroxyl groups excluding tert-OH is 1. The predicted molar refractivity (Wildman–Crippen MR) is 125 cm³/mol. The van der Waals surface area contributed by atoms with Crippen LogP contribution in [0.3, 0.4) is 0 Å². The molecule has 6 unspecified atom stereocenters. The highest BCUT2D eigenvalue weighted by Gasteiger charge is 2.60. The van der Waals surface area contributed by atoms with Crippen LogP contribution >= 0.6 is 0 Å². The molecule has 0 aromatic rings. The first kappa shape index (κ1) is 25.6. The van der Waals surface area contributed by atoms with Crippen LogP contribution in [0.4, 0.5) is 0 Å². The van der Waals surface area contributed by atoms with Crippen molar-refractivity contribution in [3.05, 3.63) is 11.6 Å². The molecule has 7 atom stereocenters. The molecular weight excluding hydrogens is 436 g/mol. The summed E-state index contributed by atoms with van der Waals surface area (Å²) < 4.78 is 18.8. The average Bonchev–Trinajstić information content (AvgIpc) is 3.14. The van der Waals surface area contributed by atoms with E-state index in [9.17, 15) is 14.7 Å². The number of hydrogen-bond acceptors (Lipinski definition) is 7. The fourth-order valence-corrected chi connectivity index (χ4v) is 6.84. The Morgan fingerprint density at radius 1 is 1.26 bits per heavy atom. The maximum Gasteiger partial charge on any atom is 0.334 e. The second-order valence-corrected chi connectivity index (χ2v) is 11.4. The zero-order valence-electron chi connectivity index (χ0n) is 21.0. The first-order valence-electron chi connectivity index (χ1n) is 13.1. The van der Waals surface area contributed by atoms with Gasteiger partial charge in [-0.15, -0.1) is 0 Å². The molecule has 0 bridgehead atoms. The minimum Gasteiger partial charge on any atom is -0.462 e. The summed E-state index contributed by atoms with van der Waals surface area (Å²) in [6, 6.07) is 0. The van der Waals surface area contributed by atoms with Gasteiger partial charge in [-0.05, 0) is 70.6 Å². The van der Waals surface area contributed by atoms with Gasteiger partial charge in [0.15, 0.2) is 0 Å². The van der Waals surface area contributed by atoms with Gasteiger partial charge in [-0.25, -0.2) is 4.79 Å². The van der Waals surface area contributed by atoms with Crippen LogP contribution in [-0.4, -0.2) is 59.8 Å². The van der Waals surface area contributed by atoms with E-state index >= 15 is 0 Å². The molecule has 0 aromatic heterocycles. The van der Waals surface area contributed by atoms with Gasteiger partial charge in [0.2, 0.25) is 0 Å².